The van der Waals surface area contributed by atoms with Crippen molar-refractivity contribution in [3.8, 4) is 0 Å². The Labute approximate surface area is 163 Å². The number of amides is 2. The Morgan fingerprint density at radius 3 is 1.96 bits per heavy atom. The highest BCUT2D eigenvalue weighted by Crippen LogP contribution is 2.15. The summed E-state index contributed by atoms with van der Waals surface area (Å²) in [6.07, 6.45) is -0.683. The van der Waals surface area contributed by atoms with E-state index in [0.29, 0.717) is 10.5 Å². The Morgan fingerprint density at radius 2 is 1.50 bits per heavy atom. The summed E-state index contributed by atoms with van der Waals surface area (Å²) in [5.41, 5.74) is 12.5. The number of hydrogen-bond donors (Lipinski definition) is 4. The summed E-state index contributed by atoms with van der Waals surface area (Å²) in [7, 11) is 0. The molecule has 0 aromatic heterocycles. The number of carboxylic acid groups (broad SMARTS) is 2. The van der Waals surface area contributed by atoms with Gasteiger partial charge in [0.15, 0.2) is 0 Å². The molecule has 9 nitrogen and oxygen atoms in total. The van der Waals surface area contributed by atoms with Crippen LogP contribution in [0.2, 0.25) is 0 Å². The minimum atomic E-state index is -1.89. The third kappa shape index (κ3) is 6.75. The van der Waals surface area contributed by atoms with Crippen molar-refractivity contribution in [2.24, 2.45) is 17.4 Å². The number of carbonyl (C=O) groups is 4. The van der Waals surface area contributed by atoms with Crippen LogP contribution in [0.3, 0.4) is 0 Å². The van der Waals surface area contributed by atoms with Gasteiger partial charge in [-0.25, -0.2) is 4.79 Å². The minimum absolute atomic E-state index is 0.0108. The van der Waals surface area contributed by atoms with Crippen LogP contribution in [0, 0.1) is 5.92 Å². The number of nitrogens with two attached hydrogens (primary N) is 2. The number of carbonyl (C=O) groups excluding carboxylic acids is 2. The quantitative estimate of drug-likeness (QED) is 0.438. The summed E-state index contributed by atoms with van der Waals surface area (Å²) in [6.45, 7) is 3.62. The Morgan fingerprint density at radius 1 is 0.964 bits per heavy atom. The lowest BCUT2D eigenvalue weighted by Crippen LogP contribution is -2.59. The van der Waals surface area contributed by atoms with Gasteiger partial charge in [0.25, 0.3) is 0 Å². The molecule has 0 spiro atoms. The normalized spacial score (nSPS) is 14.2. The van der Waals surface area contributed by atoms with Gasteiger partial charge in [-0.3, -0.25) is 19.3 Å². The van der Waals surface area contributed by atoms with E-state index in [0.717, 1.165) is 0 Å². The zero-order valence-electron chi connectivity index (χ0n) is 15.9. The molecule has 1 rings (SSSR count). The summed E-state index contributed by atoms with van der Waals surface area (Å²) < 4.78 is 0. The van der Waals surface area contributed by atoms with Gasteiger partial charge >= 0.3 is 11.9 Å². The van der Waals surface area contributed by atoms with Crippen LogP contribution in [-0.2, 0) is 25.6 Å². The Balaban J connectivity index is 3.19. The van der Waals surface area contributed by atoms with Crippen LogP contribution in [0.25, 0.3) is 0 Å². The molecule has 3 unspecified atom stereocenters. The number of carboxylic acids is 2. The first-order valence-electron chi connectivity index (χ1n) is 8.91. The molecule has 9 heteroatoms. The molecular weight excluding hydrogens is 366 g/mol. The molecule has 0 aliphatic carbocycles. The van der Waals surface area contributed by atoms with Crippen LogP contribution in [0.15, 0.2) is 30.3 Å². The van der Waals surface area contributed by atoms with Gasteiger partial charge in [0.2, 0.25) is 11.8 Å². The standard InChI is InChI=1S/C19H27N3O6/c1-11(2)8-13(20)17(25)22(15(19(27)28)10-16(23)24)18(26)14(21)9-12-6-4-3-5-7-12/h3-7,11,13-15H,8-10,20-21H2,1-2H3,(H,23,24)(H,27,28). The van der Waals surface area contributed by atoms with Gasteiger partial charge in [-0.15, -0.1) is 0 Å². The first-order valence-corrected chi connectivity index (χ1v) is 8.91. The first kappa shape index (κ1) is 23.3. The average molecular weight is 393 g/mol. The smallest absolute Gasteiger partial charge is 0.327 e. The molecule has 0 saturated carbocycles. The first-order chi connectivity index (χ1) is 13.0. The average Bonchev–Trinajstić information content (AvgIpc) is 2.60. The van der Waals surface area contributed by atoms with Gasteiger partial charge in [0.1, 0.15) is 6.04 Å². The fraction of sp³-hybridized carbons (Fsp3) is 0.474. The molecule has 2 amide bonds. The maximum absolute atomic E-state index is 12.9. The number of aliphatic carboxylic acids is 2. The van der Waals surface area contributed by atoms with Crippen LogP contribution >= 0.6 is 0 Å². The molecule has 0 radical (unpaired) electrons. The molecule has 1 aromatic carbocycles. The van der Waals surface area contributed by atoms with Gasteiger partial charge in [-0.05, 0) is 24.3 Å². The van der Waals surface area contributed by atoms with E-state index in [-0.39, 0.29) is 18.8 Å². The number of hydrogen-bond acceptors (Lipinski definition) is 6. The Bertz CT molecular complexity index is 707. The summed E-state index contributed by atoms with van der Waals surface area (Å²) in [5, 5.41) is 18.5. The maximum Gasteiger partial charge on any atom is 0.327 e. The molecule has 0 bridgehead atoms. The molecule has 1 aromatic rings. The van der Waals surface area contributed by atoms with Crippen molar-refractivity contribution in [1.29, 1.82) is 0 Å². The third-order valence-electron chi connectivity index (χ3n) is 4.10. The molecule has 28 heavy (non-hydrogen) atoms. The lowest BCUT2D eigenvalue weighted by molar-refractivity contribution is -0.161. The van der Waals surface area contributed by atoms with E-state index in [2.05, 4.69) is 0 Å². The maximum atomic E-state index is 12.9. The van der Waals surface area contributed by atoms with Gasteiger partial charge < -0.3 is 21.7 Å². The second-order valence-electron chi connectivity index (χ2n) is 7.03. The lowest BCUT2D eigenvalue weighted by atomic mass is 10.00. The van der Waals surface area contributed by atoms with Crippen LogP contribution in [0.1, 0.15) is 32.3 Å². The molecule has 0 aliphatic heterocycles. The minimum Gasteiger partial charge on any atom is -0.481 e. The fourth-order valence-electron chi connectivity index (χ4n) is 2.79. The van der Waals surface area contributed by atoms with Crippen LogP contribution in [0.4, 0.5) is 0 Å². The Hall–Kier alpha value is -2.78. The topological polar surface area (TPSA) is 164 Å². The van der Waals surface area contributed by atoms with Crippen molar-refractivity contribution in [2.75, 3.05) is 0 Å². The van der Waals surface area contributed by atoms with E-state index in [1.165, 1.54) is 0 Å². The van der Waals surface area contributed by atoms with Crippen LogP contribution < -0.4 is 11.5 Å². The number of rotatable bonds is 10. The highest BCUT2D eigenvalue weighted by atomic mass is 16.4. The number of imide groups is 1. The van der Waals surface area contributed by atoms with E-state index in [4.69, 9.17) is 16.6 Å². The molecule has 0 aliphatic rings. The van der Waals surface area contributed by atoms with Crippen molar-refractivity contribution in [2.45, 2.75) is 51.2 Å². The van der Waals surface area contributed by atoms with Crippen molar-refractivity contribution < 1.29 is 29.4 Å². The van der Waals surface area contributed by atoms with E-state index in [1.54, 1.807) is 30.3 Å². The van der Waals surface area contributed by atoms with E-state index in [1.807, 2.05) is 13.8 Å². The summed E-state index contributed by atoms with van der Waals surface area (Å²) in [6, 6.07) is 4.47. The van der Waals surface area contributed by atoms with Gasteiger partial charge in [-0.2, -0.15) is 0 Å². The summed E-state index contributed by atoms with van der Waals surface area (Å²) in [4.78, 5) is 48.8. The molecule has 0 fully saturated rings. The fourth-order valence-corrected chi connectivity index (χ4v) is 2.79. The highest BCUT2D eigenvalue weighted by Gasteiger charge is 2.40. The molecule has 3 atom stereocenters. The Kier molecular flexibility index (Phi) is 8.75. The summed E-state index contributed by atoms with van der Waals surface area (Å²) >= 11 is 0. The molecule has 6 N–H and O–H groups in total. The second kappa shape index (κ2) is 10.5. The zero-order valence-corrected chi connectivity index (χ0v) is 15.9. The lowest BCUT2D eigenvalue weighted by Gasteiger charge is -2.31. The predicted octanol–water partition coefficient (Wildman–Crippen LogP) is 0.213. The SMILES string of the molecule is CC(C)CC(N)C(=O)N(C(=O)C(N)Cc1ccccc1)C(CC(=O)O)C(=O)O. The highest BCUT2D eigenvalue weighted by molar-refractivity contribution is 6.03. The summed E-state index contributed by atoms with van der Waals surface area (Å²) in [5.74, 6) is -4.99. The third-order valence-corrected chi connectivity index (χ3v) is 4.10. The second-order valence-corrected chi connectivity index (χ2v) is 7.03. The predicted molar refractivity (Wildman–Crippen MR) is 101 cm³/mol. The van der Waals surface area contributed by atoms with E-state index >= 15 is 0 Å². The van der Waals surface area contributed by atoms with Crippen molar-refractivity contribution in [1.82, 2.24) is 4.90 Å². The van der Waals surface area contributed by atoms with E-state index < -0.39 is 48.3 Å². The molecular formula is C19H27N3O6. The van der Waals surface area contributed by atoms with Crippen LogP contribution in [-0.4, -0.2) is 57.0 Å². The number of benzene rings is 1. The van der Waals surface area contributed by atoms with Gasteiger partial charge in [0.05, 0.1) is 18.5 Å². The van der Waals surface area contributed by atoms with Crippen molar-refractivity contribution in [3.05, 3.63) is 35.9 Å². The van der Waals surface area contributed by atoms with Crippen molar-refractivity contribution in [3.63, 3.8) is 0 Å². The van der Waals surface area contributed by atoms with Crippen LogP contribution in [0.5, 0.6) is 0 Å². The zero-order chi connectivity index (χ0) is 21.4. The number of nitrogens with zero attached hydrogens (tertiary/aromatic N) is 1. The molecule has 154 valence electrons. The monoisotopic (exact) mass is 393 g/mol. The van der Waals surface area contributed by atoms with Gasteiger partial charge in [0, 0.05) is 0 Å². The van der Waals surface area contributed by atoms with E-state index in [9.17, 15) is 24.3 Å². The van der Waals surface area contributed by atoms with Crippen molar-refractivity contribution >= 4 is 23.8 Å². The van der Waals surface area contributed by atoms with Gasteiger partial charge in [-0.1, -0.05) is 44.2 Å². The molecule has 0 saturated heterocycles. The molecule has 0 heterocycles. The largest absolute Gasteiger partial charge is 0.481 e.